The van der Waals surface area contributed by atoms with Crippen molar-refractivity contribution < 1.29 is 14.3 Å². The number of carbonyl (C=O) groups excluding carboxylic acids is 1. The van der Waals surface area contributed by atoms with Gasteiger partial charge in [0.2, 0.25) is 5.91 Å². The first kappa shape index (κ1) is 14.4. The number of amides is 1. The molecular weight excluding hydrogens is 194 g/mol. The van der Waals surface area contributed by atoms with Crippen LogP contribution in [0.15, 0.2) is 0 Å². The van der Waals surface area contributed by atoms with E-state index in [9.17, 15) is 4.79 Å². The van der Waals surface area contributed by atoms with E-state index in [4.69, 9.17) is 9.47 Å². The zero-order valence-electron chi connectivity index (χ0n) is 9.88. The smallest absolute Gasteiger partial charge is 0.216 e. The number of ether oxygens (including phenoxy) is 2. The van der Waals surface area contributed by atoms with Gasteiger partial charge in [0, 0.05) is 20.1 Å². The van der Waals surface area contributed by atoms with E-state index >= 15 is 0 Å². The van der Waals surface area contributed by atoms with E-state index in [0.29, 0.717) is 26.4 Å². The lowest BCUT2D eigenvalue weighted by molar-refractivity contribution is -0.119. The molecule has 0 fully saturated rings. The second-order valence-corrected chi connectivity index (χ2v) is 3.41. The molecule has 4 nitrogen and oxygen atoms in total. The van der Waals surface area contributed by atoms with Gasteiger partial charge in [-0.3, -0.25) is 4.79 Å². The third-order valence-corrected chi connectivity index (χ3v) is 1.88. The molecule has 0 atom stereocenters. The topological polar surface area (TPSA) is 47.6 Å². The van der Waals surface area contributed by atoms with Crippen molar-refractivity contribution in [2.24, 2.45) is 0 Å². The van der Waals surface area contributed by atoms with Crippen LogP contribution in [0.2, 0.25) is 0 Å². The SMILES string of the molecule is CCCCCOCCOCCNC(C)=O. The summed E-state index contributed by atoms with van der Waals surface area (Å²) in [6, 6.07) is 0. The monoisotopic (exact) mass is 217 g/mol. The Morgan fingerprint density at radius 1 is 1.07 bits per heavy atom. The van der Waals surface area contributed by atoms with Crippen LogP contribution in [-0.2, 0) is 14.3 Å². The van der Waals surface area contributed by atoms with Crippen LogP contribution in [0.5, 0.6) is 0 Å². The van der Waals surface area contributed by atoms with Crippen molar-refractivity contribution >= 4 is 5.91 Å². The number of hydrogen-bond donors (Lipinski definition) is 1. The van der Waals surface area contributed by atoms with Crippen LogP contribution in [0.4, 0.5) is 0 Å². The summed E-state index contributed by atoms with van der Waals surface area (Å²) in [5.41, 5.74) is 0. The molecule has 0 aromatic heterocycles. The first-order valence-corrected chi connectivity index (χ1v) is 5.67. The summed E-state index contributed by atoms with van der Waals surface area (Å²) >= 11 is 0. The van der Waals surface area contributed by atoms with Crippen LogP contribution in [0.1, 0.15) is 33.1 Å². The molecule has 0 unspecified atom stereocenters. The Morgan fingerprint density at radius 2 is 1.73 bits per heavy atom. The normalized spacial score (nSPS) is 10.3. The lowest BCUT2D eigenvalue weighted by atomic mass is 10.3. The first-order valence-electron chi connectivity index (χ1n) is 5.67. The predicted octanol–water partition coefficient (Wildman–Crippen LogP) is 1.35. The zero-order chi connectivity index (χ0) is 11.4. The number of carbonyl (C=O) groups is 1. The molecule has 0 heterocycles. The standard InChI is InChI=1S/C11H23NO3/c1-3-4-5-7-14-9-10-15-8-6-12-11(2)13/h3-10H2,1-2H3,(H,12,13). The summed E-state index contributed by atoms with van der Waals surface area (Å²) in [7, 11) is 0. The Morgan fingerprint density at radius 3 is 2.33 bits per heavy atom. The maximum absolute atomic E-state index is 10.5. The summed E-state index contributed by atoms with van der Waals surface area (Å²) in [6.07, 6.45) is 3.57. The third-order valence-electron chi connectivity index (χ3n) is 1.88. The highest BCUT2D eigenvalue weighted by Gasteiger charge is 1.92. The maximum Gasteiger partial charge on any atom is 0.216 e. The van der Waals surface area contributed by atoms with Crippen LogP contribution in [0, 0.1) is 0 Å². The van der Waals surface area contributed by atoms with Crippen molar-refractivity contribution in [2.45, 2.75) is 33.1 Å². The molecule has 0 radical (unpaired) electrons. The van der Waals surface area contributed by atoms with Crippen LogP contribution < -0.4 is 5.32 Å². The predicted molar refractivity (Wildman–Crippen MR) is 59.8 cm³/mol. The summed E-state index contributed by atoms with van der Waals surface area (Å²) in [4.78, 5) is 10.5. The van der Waals surface area contributed by atoms with E-state index < -0.39 is 0 Å². The van der Waals surface area contributed by atoms with Crippen LogP contribution in [0.25, 0.3) is 0 Å². The Labute approximate surface area is 92.3 Å². The Hall–Kier alpha value is -0.610. The summed E-state index contributed by atoms with van der Waals surface area (Å²) in [5.74, 6) is -0.0191. The Kier molecular flexibility index (Phi) is 11.0. The fourth-order valence-corrected chi connectivity index (χ4v) is 1.08. The molecule has 0 aliphatic carbocycles. The molecule has 1 N–H and O–H groups in total. The summed E-state index contributed by atoms with van der Waals surface area (Å²) in [5, 5.41) is 2.66. The van der Waals surface area contributed by atoms with Crippen LogP contribution in [-0.4, -0.2) is 38.9 Å². The molecule has 0 aliphatic rings. The third kappa shape index (κ3) is 13.4. The van der Waals surface area contributed by atoms with Gasteiger partial charge in [0.05, 0.1) is 19.8 Å². The van der Waals surface area contributed by atoms with Crippen molar-refractivity contribution in [2.75, 3.05) is 33.0 Å². The lowest BCUT2D eigenvalue weighted by Gasteiger charge is -2.05. The molecule has 0 bridgehead atoms. The quantitative estimate of drug-likeness (QED) is 0.562. The number of hydrogen-bond acceptors (Lipinski definition) is 3. The first-order chi connectivity index (χ1) is 7.27. The Bertz CT molecular complexity index is 151. The molecule has 90 valence electrons. The molecular formula is C11H23NO3. The second-order valence-electron chi connectivity index (χ2n) is 3.41. The second kappa shape index (κ2) is 11.5. The molecule has 0 spiro atoms. The van der Waals surface area contributed by atoms with E-state index in [1.807, 2.05) is 0 Å². The Balaban J connectivity index is 2.89. The van der Waals surface area contributed by atoms with Crippen molar-refractivity contribution in [1.29, 1.82) is 0 Å². The van der Waals surface area contributed by atoms with Gasteiger partial charge in [0.25, 0.3) is 0 Å². The zero-order valence-corrected chi connectivity index (χ0v) is 9.88. The average molecular weight is 217 g/mol. The van der Waals surface area contributed by atoms with Crippen molar-refractivity contribution in [3.63, 3.8) is 0 Å². The van der Waals surface area contributed by atoms with Crippen LogP contribution in [0.3, 0.4) is 0 Å². The molecule has 0 aromatic rings. The van der Waals surface area contributed by atoms with Crippen LogP contribution >= 0.6 is 0 Å². The molecule has 0 rings (SSSR count). The highest BCUT2D eigenvalue weighted by Crippen LogP contribution is 1.93. The van der Waals surface area contributed by atoms with Gasteiger partial charge in [-0.1, -0.05) is 19.8 Å². The van der Waals surface area contributed by atoms with E-state index in [1.165, 1.54) is 19.8 Å². The highest BCUT2D eigenvalue weighted by molar-refractivity contribution is 5.72. The van der Waals surface area contributed by atoms with Gasteiger partial charge >= 0.3 is 0 Å². The van der Waals surface area contributed by atoms with Crippen molar-refractivity contribution in [3.8, 4) is 0 Å². The molecule has 0 aliphatic heterocycles. The minimum atomic E-state index is -0.0191. The summed E-state index contributed by atoms with van der Waals surface area (Å²) in [6.45, 7) is 6.86. The van der Waals surface area contributed by atoms with Crippen molar-refractivity contribution in [1.82, 2.24) is 5.32 Å². The maximum atomic E-state index is 10.5. The molecule has 0 saturated carbocycles. The minimum absolute atomic E-state index is 0.0191. The molecule has 0 saturated heterocycles. The number of nitrogens with one attached hydrogen (secondary N) is 1. The van der Waals surface area contributed by atoms with Gasteiger partial charge < -0.3 is 14.8 Å². The minimum Gasteiger partial charge on any atom is -0.379 e. The molecule has 15 heavy (non-hydrogen) atoms. The van der Waals surface area contributed by atoms with Crippen molar-refractivity contribution in [3.05, 3.63) is 0 Å². The van der Waals surface area contributed by atoms with E-state index in [2.05, 4.69) is 12.2 Å². The van der Waals surface area contributed by atoms with E-state index in [1.54, 1.807) is 0 Å². The van der Waals surface area contributed by atoms with Gasteiger partial charge in [-0.25, -0.2) is 0 Å². The van der Waals surface area contributed by atoms with Gasteiger partial charge in [-0.2, -0.15) is 0 Å². The van der Waals surface area contributed by atoms with Gasteiger partial charge in [0.1, 0.15) is 0 Å². The highest BCUT2D eigenvalue weighted by atomic mass is 16.5. The largest absolute Gasteiger partial charge is 0.379 e. The molecule has 4 heteroatoms. The lowest BCUT2D eigenvalue weighted by Crippen LogP contribution is -2.24. The fraction of sp³-hybridized carbons (Fsp3) is 0.909. The fourth-order valence-electron chi connectivity index (χ4n) is 1.08. The average Bonchev–Trinajstić information content (AvgIpc) is 2.20. The molecule has 0 aromatic carbocycles. The van der Waals surface area contributed by atoms with Gasteiger partial charge in [-0.15, -0.1) is 0 Å². The van der Waals surface area contributed by atoms with Gasteiger partial charge in [0.15, 0.2) is 0 Å². The number of unbranched alkanes of at least 4 members (excludes halogenated alkanes) is 2. The van der Waals surface area contributed by atoms with Gasteiger partial charge in [-0.05, 0) is 6.42 Å². The summed E-state index contributed by atoms with van der Waals surface area (Å²) < 4.78 is 10.6. The van der Waals surface area contributed by atoms with E-state index in [-0.39, 0.29) is 5.91 Å². The van der Waals surface area contributed by atoms with E-state index in [0.717, 1.165) is 13.0 Å². The number of rotatable bonds is 10. The molecule has 1 amide bonds.